The van der Waals surface area contributed by atoms with Crippen LogP contribution in [-0.2, 0) is 33.4 Å². The lowest BCUT2D eigenvalue weighted by molar-refractivity contribution is -0.163. The zero-order chi connectivity index (χ0) is 36.0. The fourth-order valence-electron chi connectivity index (χ4n) is 7.81. The average molecular weight is 747 g/mol. The highest BCUT2D eigenvalue weighted by atomic mass is 79.9. The second kappa shape index (κ2) is 16.8. The summed E-state index contributed by atoms with van der Waals surface area (Å²) < 4.78 is 18.5. The number of amides is 3. The first-order valence-corrected chi connectivity index (χ1v) is 18.1. The van der Waals surface area contributed by atoms with Crippen LogP contribution in [0.15, 0.2) is 55.6 Å². The van der Waals surface area contributed by atoms with Crippen molar-refractivity contribution in [3.63, 3.8) is 0 Å². The average Bonchev–Trinajstić information content (AvgIpc) is 3.66. The maximum Gasteiger partial charge on any atom is 0.313 e. The molecule has 2 N–H and O–H groups in total. The highest BCUT2D eigenvalue weighted by Gasteiger charge is 2.77. The van der Waals surface area contributed by atoms with E-state index in [0.717, 1.165) is 0 Å². The van der Waals surface area contributed by atoms with E-state index in [9.17, 15) is 24.3 Å². The molecule has 0 saturated carbocycles. The molecule has 4 rings (SSSR count). The van der Waals surface area contributed by atoms with E-state index >= 15 is 0 Å². The van der Waals surface area contributed by atoms with Crippen molar-refractivity contribution < 1.29 is 38.5 Å². The normalized spacial score (nSPS) is 27.5. The lowest BCUT2D eigenvalue weighted by Crippen LogP contribution is -2.60. The molecule has 3 amide bonds. The number of esters is 1. The van der Waals surface area contributed by atoms with E-state index in [2.05, 4.69) is 34.4 Å². The summed E-state index contributed by atoms with van der Waals surface area (Å²) >= 11 is 3.73. The third-order valence-corrected chi connectivity index (χ3v) is 10.7. The van der Waals surface area contributed by atoms with Gasteiger partial charge in [-0.3, -0.25) is 19.2 Å². The zero-order valence-electron chi connectivity index (χ0n) is 29.3. The van der Waals surface area contributed by atoms with Crippen molar-refractivity contribution in [3.8, 4) is 0 Å². The highest BCUT2D eigenvalue weighted by Crippen LogP contribution is 2.61. The molecule has 0 aliphatic carbocycles. The molecule has 9 atom stereocenters. The van der Waals surface area contributed by atoms with Crippen LogP contribution in [0.2, 0.25) is 0 Å². The van der Waals surface area contributed by atoms with Crippen LogP contribution in [0.3, 0.4) is 0 Å². The maximum absolute atomic E-state index is 14.7. The van der Waals surface area contributed by atoms with Gasteiger partial charge in [0.15, 0.2) is 0 Å². The molecule has 0 radical (unpaired) electrons. The topological polar surface area (TPSA) is 135 Å². The van der Waals surface area contributed by atoms with Gasteiger partial charge in [-0.2, -0.15) is 0 Å². The van der Waals surface area contributed by atoms with E-state index < -0.39 is 59.6 Å². The van der Waals surface area contributed by atoms with Crippen LogP contribution in [0.4, 0.5) is 0 Å². The molecule has 1 spiro atoms. The second-order valence-electron chi connectivity index (χ2n) is 14.0. The molecule has 270 valence electrons. The SMILES string of the molecule is C=CCCC(=O)N[C@@H](COC)[C@@H](OC(=O)[C@@H]1[C@H]2O[C@@]3(CC2Br)[C@H](C(=O)N(CC=C)C(C)C)N([C@@H](CO)CC(C)C)C(=O)[C@@H]13)c1ccccc1. The van der Waals surface area contributed by atoms with Gasteiger partial charge in [0.05, 0.1) is 43.2 Å². The lowest BCUT2D eigenvalue weighted by Gasteiger charge is -2.40. The number of halogens is 1. The number of ether oxygens (including phenoxy) is 3. The van der Waals surface area contributed by atoms with Gasteiger partial charge in [0.2, 0.25) is 17.7 Å². The zero-order valence-corrected chi connectivity index (χ0v) is 30.8. The molecule has 11 nitrogen and oxygen atoms in total. The molecule has 1 aromatic carbocycles. The summed E-state index contributed by atoms with van der Waals surface area (Å²) in [5, 5.41) is 13.6. The number of allylic oxidation sites excluding steroid dienone is 1. The largest absolute Gasteiger partial charge is 0.455 e. The van der Waals surface area contributed by atoms with Crippen molar-refractivity contribution in [2.75, 3.05) is 26.9 Å². The van der Waals surface area contributed by atoms with Crippen LogP contribution in [0.1, 0.15) is 65.0 Å². The van der Waals surface area contributed by atoms with Crippen molar-refractivity contribution in [1.82, 2.24) is 15.1 Å². The Morgan fingerprint density at radius 2 is 1.88 bits per heavy atom. The minimum Gasteiger partial charge on any atom is -0.455 e. The van der Waals surface area contributed by atoms with E-state index in [0.29, 0.717) is 24.8 Å². The predicted octanol–water partition coefficient (Wildman–Crippen LogP) is 3.95. The number of aliphatic hydroxyl groups is 1. The van der Waals surface area contributed by atoms with Crippen molar-refractivity contribution >= 4 is 39.6 Å². The van der Waals surface area contributed by atoms with Gasteiger partial charge in [0.1, 0.15) is 17.7 Å². The summed E-state index contributed by atoms with van der Waals surface area (Å²) in [5.74, 6) is -3.61. The smallest absolute Gasteiger partial charge is 0.313 e. The van der Waals surface area contributed by atoms with Gasteiger partial charge in [-0.1, -0.05) is 72.3 Å². The van der Waals surface area contributed by atoms with Gasteiger partial charge in [-0.05, 0) is 44.6 Å². The van der Waals surface area contributed by atoms with Crippen LogP contribution < -0.4 is 5.32 Å². The van der Waals surface area contributed by atoms with Gasteiger partial charge in [-0.25, -0.2) is 0 Å². The summed E-state index contributed by atoms with van der Waals surface area (Å²) in [6, 6.07) is 6.38. The Kier molecular flexibility index (Phi) is 13.3. The standard InChI is InChI=1S/C37H52BrN3O8/c1-8-10-16-28(43)39-27(21-47-7)31(24-14-12-11-13-15-24)48-36(46)29-30-34(44)41(25(20-42)18-22(3)4)33(35(45)40(17-9-2)23(5)6)37(30)19-26(38)32(29)49-37/h8-9,11-15,22-23,25-27,29-33,42H,1-2,10,16-21H2,3-7H3,(H,39,43)/t25-,26?,27+,29+,30-,31+,32+,33+,37-/m1/s1. The highest BCUT2D eigenvalue weighted by molar-refractivity contribution is 9.09. The fourth-order valence-corrected chi connectivity index (χ4v) is 8.75. The Balaban J connectivity index is 1.77. The molecule has 3 aliphatic rings. The van der Waals surface area contributed by atoms with Crippen molar-refractivity contribution in [1.29, 1.82) is 0 Å². The van der Waals surface area contributed by atoms with E-state index in [1.54, 1.807) is 29.2 Å². The molecular weight excluding hydrogens is 694 g/mol. The Bertz CT molecular complexity index is 1360. The Labute approximate surface area is 298 Å². The Morgan fingerprint density at radius 3 is 2.45 bits per heavy atom. The van der Waals surface area contributed by atoms with Crippen LogP contribution in [0, 0.1) is 17.8 Å². The number of likely N-dealkylation sites (tertiary alicyclic amines) is 1. The number of benzene rings is 1. The molecule has 1 unspecified atom stereocenters. The number of alkyl halides is 1. The minimum absolute atomic E-state index is 0.0523. The molecule has 1 aromatic rings. The number of hydrogen-bond donors (Lipinski definition) is 2. The van der Waals surface area contributed by atoms with Crippen molar-refractivity contribution in [3.05, 3.63) is 61.2 Å². The third-order valence-electron chi connectivity index (χ3n) is 9.82. The van der Waals surface area contributed by atoms with Gasteiger partial charge in [-0.15, -0.1) is 13.2 Å². The number of nitrogens with one attached hydrogen (secondary N) is 1. The summed E-state index contributed by atoms with van der Waals surface area (Å²) in [7, 11) is 1.50. The van der Waals surface area contributed by atoms with Crippen LogP contribution in [-0.4, -0.2) is 106 Å². The molecule has 12 heteroatoms. The summed E-state index contributed by atoms with van der Waals surface area (Å²) in [6.07, 6.45) is 3.05. The molecule has 49 heavy (non-hydrogen) atoms. The number of carbonyl (C=O) groups is 4. The van der Waals surface area contributed by atoms with Gasteiger partial charge in [0.25, 0.3) is 0 Å². The number of nitrogens with zero attached hydrogens (tertiary/aromatic N) is 2. The van der Waals surface area contributed by atoms with E-state index in [1.807, 2.05) is 45.9 Å². The molecule has 0 aromatic heterocycles. The number of fused-ring (bicyclic) bond motifs is 1. The first-order chi connectivity index (χ1) is 23.4. The second-order valence-corrected chi connectivity index (χ2v) is 15.1. The molecule has 3 fully saturated rings. The summed E-state index contributed by atoms with van der Waals surface area (Å²) in [5.41, 5.74) is -0.694. The number of hydrogen-bond acceptors (Lipinski definition) is 8. The van der Waals surface area contributed by atoms with Crippen LogP contribution in [0.5, 0.6) is 0 Å². The quantitative estimate of drug-likeness (QED) is 0.131. The van der Waals surface area contributed by atoms with E-state index in [4.69, 9.17) is 14.2 Å². The fraction of sp³-hybridized carbons (Fsp3) is 0.622. The first-order valence-electron chi connectivity index (χ1n) is 17.2. The third kappa shape index (κ3) is 7.82. The van der Waals surface area contributed by atoms with Crippen LogP contribution >= 0.6 is 15.9 Å². The molecule has 3 heterocycles. The maximum atomic E-state index is 14.7. The van der Waals surface area contributed by atoms with Crippen molar-refractivity contribution in [2.24, 2.45) is 17.8 Å². The summed E-state index contributed by atoms with van der Waals surface area (Å²) in [6.45, 7) is 15.3. The molecular formula is C37H52BrN3O8. The van der Waals surface area contributed by atoms with Crippen molar-refractivity contribution in [2.45, 2.75) is 100 Å². The van der Waals surface area contributed by atoms with Gasteiger partial charge in [0, 0.05) is 30.9 Å². The lowest BCUT2D eigenvalue weighted by atomic mass is 9.70. The molecule has 3 aliphatic heterocycles. The monoisotopic (exact) mass is 745 g/mol. The number of methoxy groups -OCH3 is 1. The molecule has 3 saturated heterocycles. The Hall–Kier alpha value is -3.06. The number of aliphatic hydroxyl groups excluding tert-OH is 1. The van der Waals surface area contributed by atoms with E-state index in [1.165, 1.54) is 12.0 Å². The van der Waals surface area contributed by atoms with Gasteiger partial charge < -0.3 is 34.4 Å². The predicted molar refractivity (Wildman–Crippen MR) is 188 cm³/mol. The van der Waals surface area contributed by atoms with Crippen LogP contribution in [0.25, 0.3) is 0 Å². The minimum atomic E-state index is -1.33. The van der Waals surface area contributed by atoms with E-state index in [-0.39, 0.29) is 54.8 Å². The number of carbonyl (C=O) groups excluding carboxylic acids is 4. The first kappa shape index (κ1) is 38.7. The van der Waals surface area contributed by atoms with Gasteiger partial charge >= 0.3 is 5.97 Å². The summed E-state index contributed by atoms with van der Waals surface area (Å²) in [4.78, 5) is 59.5. The Morgan fingerprint density at radius 1 is 1.18 bits per heavy atom. The molecule has 2 bridgehead atoms. The number of rotatable bonds is 18.